The van der Waals surface area contributed by atoms with Crippen LogP contribution in [0.5, 0.6) is 0 Å². The summed E-state index contributed by atoms with van der Waals surface area (Å²) in [6.07, 6.45) is 3.23. The van der Waals surface area contributed by atoms with Gasteiger partial charge in [-0.15, -0.1) is 15.3 Å². The second-order valence-electron chi connectivity index (χ2n) is 6.36. The number of carbonyl (C=O) groups is 1. The third kappa shape index (κ3) is 3.52. The summed E-state index contributed by atoms with van der Waals surface area (Å²) < 4.78 is 1.70. The smallest absolute Gasteiger partial charge is 0.258 e. The summed E-state index contributed by atoms with van der Waals surface area (Å²) in [6.45, 7) is 2.47. The first kappa shape index (κ1) is 17.6. The van der Waals surface area contributed by atoms with Crippen LogP contribution < -0.4 is 10.2 Å². The number of hydrogen-bond donors (Lipinski definition) is 1. The fourth-order valence-electron chi connectivity index (χ4n) is 2.83. The first-order valence-electron chi connectivity index (χ1n) is 8.82. The highest BCUT2D eigenvalue weighted by Crippen LogP contribution is 2.17. The molecule has 1 amide bonds. The maximum Gasteiger partial charge on any atom is 0.258 e. The number of carbonyl (C=O) groups excluding carboxylic acids is 1. The summed E-state index contributed by atoms with van der Waals surface area (Å²) in [4.78, 5) is 18.1. The lowest BCUT2D eigenvalue weighted by atomic mass is 10.1. The van der Waals surface area contributed by atoms with Crippen LogP contribution in [-0.4, -0.2) is 37.8 Å². The van der Waals surface area contributed by atoms with Crippen LogP contribution in [0, 0.1) is 6.92 Å². The van der Waals surface area contributed by atoms with Gasteiger partial charge >= 0.3 is 0 Å². The van der Waals surface area contributed by atoms with Gasteiger partial charge < -0.3 is 10.2 Å². The van der Waals surface area contributed by atoms with Gasteiger partial charge in [-0.25, -0.2) is 0 Å². The topological polar surface area (TPSA) is 88.3 Å². The molecule has 8 heteroatoms. The molecule has 0 spiro atoms. The second-order valence-corrected chi connectivity index (χ2v) is 6.36. The van der Waals surface area contributed by atoms with Crippen LogP contribution in [0.1, 0.15) is 21.7 Å². The van der Waals surface area contributed by atoms with Crippen LogP contribution in [-0.2, 0) is 6.54 Å². The number of nitrogens with one attached hydrogen (secondary N) is 1. The first-order valence-corrected chi connectivity index (χ1v) is 8.82. The SMILES string of the molecule is Cc1nnc2ccc(NCc3ccc(N(C)C(=O)c4ccncc4)cc3)nn12. The maximum atomic E-state index is 12.5. The standard InChI is InChI=1S/C20H19N7O/c1-14-23-24-19-8-7-18(25-27(14)19)22-13-15-3-5-17(6-4-15)26(2)20(28)16-9-11-21-12-10-16/h3-12H,13H2,1-2H3,(H,22,25). The van der Waals surface area contributed by atoms with Gasteiger partial charge in [0.2, 0.25) is 0 Å². The molecule has 4 rings (SSSR count). The van der Waals surface area contributed by atoms with Crippen LogP contribution >= 0.6 is 0 Å². The number of benzene rings is 1. The quantitative estimate of drug-likeness (QED) is 0.579. The average Bonchev–Trinajstić information content (AvgIpc) is 3.12. The third-order valence-electron chi connectivity index (χ3n) is 4.45. The predicted molar refractivity (Wildman–Crippen MR) is 106 cm³/mol. The highest BCUT2D eigenvalue weighted by molar-refractivity contribution is 6.05. The average molecular weight is 373 g/mol. The number of anilines is 2. The Morgan fingerprint density at radius 2 is 1.79 bits per heavy atom. The van der Waals surface area contributed by atoms with Crippen LogP contribution in [0.15, 0.2) is 60.9 Å². The molecule has 0 fully saturated rings. The van der Waals surface area contributed by atoms with Gasteiger partial charge in [-0.05, 0) is 48.9 Å². The molecule has 4 aromatic rings. The number of rotatable bonds is 5. The monoisotopic (exact) mass is 373 g/mol. The normalized spacial score (nSPS) is 10.8. The Balaban J connectivity index is 1.42. The van der Waals surface area contributed by atoms with Crippen LogP contribution in [0.3, 0.4) is 0 Å². The molecule has 8 nitrogen and oxygen atoms in total. The van der Waals surface area contributed by atoms with Crippen molar-refractivity contribution < 1.29 is 4.79 Å². The van der Waals surface area contributed by atoms with Crippen molar-refractivity contribution in [3.05, 3.63) is 77.9 Å². The van der Waals surface area contributed by atoms with E-state index in [0.29, 0.717) is 17.8 Å². The molecular formula is C20H19N7O. The van der Waals surface area contributed by atoms with E-state index < -0.39 is 0 Å². The van der Waals surface area contributed by atoms with E-state index in [-0.39, 0.29) is 5.91 Å². The highest BCUT2D eigenvalue weighted by atomic mass is 16.2. The maximum absolute atomic E-state index is 12.5. The van der Waals surface area contributed by atoms with Crippen LogP contribution in [0.4, 0.5) is 11.5 Å². The van der Waals surface area contributed by atoms with E-state index in [0.717, 1.165) is 22.9 Å². The summed E-state index contributed by atoms with van der Waals surface area (Å²) in [6, 6.07) is 15.0. The lowest BCUT2D eigenvalue weighted by molar-refractivity contribution is 0.0993. The summed E-state index contributed by atoms with van der Waals surface area (Å²) in [7, 11) is 1.76. The largest absolute Gasteiger partial charge is 0.365 e. The minimum Gasteiger partial charge on any atom is -0.365 e. The van der Waals surface area contributed by atoms with Crippen molar-refractivity contribution in [1.82, 2.24) is 24.8 Å². The van der Waals surface area contributed by atoms with Crippen molar-refractivity contribution in [3.63, 3.8) is 0 Å². The number of fused-ring (bicyclic) bond motifs is 1. The third-order valence-corrected chi connectivity index (χ3v) is 4.45. The van der Waals surface area contributed by atoms with Crippen molar-refractivity contribution in [2.75, 3.05) is 17.3 Å². The van der Waals surface area contributed by atoms with E-state index in [1.165, 1.54) is 0 Å². The molecular weight excluding hydrogens is 354 g/mol. The zero-order valence-electron chi connectivity index (χ0n) is 15.6. The highest BCUT2D eigenvalue weighted by Gasteiger charge is 2.13. The summed E-state index contributed by atoms with van der Waals surface area (Å²) in [5.74, 6) is 1.41. The number of nitrogens with zero attached hydrogens (tertiary/aromatic N) is 6. The van der Waals surface area contributed by atoms with Crippen molar-refractivity contribution in [2.24, 2.45) is 0 Å². The fraction of sp³-hybridized carbons (Fsp3) is 0.150. The molecule has 0 radical (unpaired) electrons. The number of amides is 1. The molecule has 28 heavy (non-hydrogen) atoms. The van der Waals surface area contributed by atoms with Crippen molar-refractivity contribution in [1.29, 1.82) is 0 Å². The van der Waals surface area contributed by atoms with Crippen LogP contribution in [0.2, 0.25) is 0 Å². The second kappa shape index (κ2) is 7.43. The Hall–Kier alpha value is -3.81. The number of aryl methyl sites for hydroxylation is 1. The lowest BCUT2D eigenvalue weighted by Crippen LogP contribution is -2.26. The first-order chi connectivity index (χ1) is 13.6. The molecule has 0 bridgehead atoms. The van der Waals surface area contributed by atoms with Gasteiger partial charge in [-0.3, -0.25) is 9.78 Å². The van der Waals surface area contributed by atoms with Gasteiger partial charge in [0.1, 0.15) is 5.82 Å². The van der Waals surface area contributed by atoms with Gasteiger partial charge in [-0.1, -0.05) is 12.1 Å². The van der Waals surface area contributed by atoms with E-state index in [1.807, 2.05) is 43.3 Å². The summed E-state index contributed by atoms with van der Waals surface area (Å²) in [5, 5.41) is 15.8. The molecule has 3 heterocycles. The van der Waals surface area contributed by atoms with Gasteiger partial charge in [-0.2, -0.15) is 4.52 Å². The number of pyridine rings is 1. The Bertz CT molecular complexity index is 1110. The summed E-state index contributed by atoms with van der Waals surface area (Å²) >= 11 is 0. The molecule has 0 aliphatic carbocycles. The zero-order valence-corrected chi connectivity index (χ0v) is 15.6. The lowest BCUT2D eigenvalue weighted by Gasteiger charge is -2.18. The zero-order chi connectivity index (χ0) is 19.5. The molecule has 140 valence electrons. The molecule has 1 aromatic carbocycles. The van der Waals surface area contributed by atoms with Crippen LogP contribution in [0.25, 0.3) is 5.65 Å². The minimum atomic E-state index is -0.0740. The van der Waals surface area contributed by atoms with Gasteiger partial charge in [0.25, 0.3) is 5.91 Å². The number of aromatic nitrogens is 5. The van der Waals surface area contributed by atoms with Gasteiger partial charge in [0.15, 0.2) is 11.5 Å². The van der Waals surface area contributed by atoms with E-state index >= 15 is 0 Å². The molecule has 0 aliphatic rings. The van der Waals surface area contributed by atoms with E-state index in [2.05, 4.69) is 25.6 Å². The Labute approximate surface area is 161 Å². The summed E-state index contributed by atoms with van der Waals surface area (Å²) in [5.41, 5.74) is 3.23. The Morgan fingerprint density at radius 3 is 2.54 bits per heavy atom. The van der Waals surface area contributed by atoms with Crippen molar-refractivity contribution in [2.45, 2.75) is 13.5 Å². The molecule has 0 atom stereocenters. The molecule has 0 unspecified atom stereocenters. The molecule has 0 saturated heterocycles. The molecule has 1 N–H and O–H groups in total. The van der Waals surface area contributed by atoms with E-state index in [9.17, 15) is 4.79 Å². The van der Waals surface area contributed by atoms with E-state index in [1.54, 1.807) is 41.0 Å². The minimum absolute atomic E-state index is 0.0740. The fourth-order valence-corrected chi connectivity index (χ4v) is 2.83. The molecule has 0 aliphatic heterocycles. The van der Waals surface area contributed by atoms with E-state index in [4.69, 9.17) is 0 Å². The molecule has 3 aromatic heterocycles. The van der Waals surface area contributed by atoms with Gasteiger partial charge in [0, 0.05) is 37.2 Å². The Morgan fingerprint density at radius 1 is 1.04 bits per heavy atom. The van der Waals surface area contributed by atoms with Crippen molar-refractivity contribution >= 4 is 23.1 Å². The predicted octanol–water partition coefficient (Wildman–Crippen LogP) is 2.72. The molecule has 0 saturated carbocycles. The van der Waals surface area contributed by atoms with Crippen molar-refractivity contribution in [3.8, 4) is 0 Å². The number of hydrogen-bond acceptors (Lipinski definition) is 6. The van der Waals surface area contributed by atoms with Gasteiger partial charge in [0.05, 0.1) is 0 Å². The Kier molecular flexibility index (Phi) is 4.67.